The third-order valence-electron chi connectivity index (χ3n) is 3.35. The highest BCUT2D eigenvalue weighted by molar-refractivity contribution is 7.80. The lowest BCUT2D eigenvalue weighted by atomic mass is 10.1. The maximum Gasteiger partial charge on any atom is 0.338 e. The summed E-state index contributed by atoms with van der Waals surface area (Å²) in [6.07, 6.45) is 0. The number of methoxy groups -OCH3 is 1. The second-order valence-electron chi connectivity index (χ2n) is 4.90. The second kappa shape index (κ2) is 7.69. The van der Waals surface area contributed by atoms with Crippen LogP contribution in [-0.4, -0.2) is 18.2 Å². The van der Waals surface area contributed by atoms with Crippen molar-refractivity contribution in [1.82, 2.24) is 5.32 Å². The smallest absolute Gasteiger partial charge is 0.338 e. The average Bonchev–Trinajstić information content (AvgIpc) is 2.55. The van der Waals surface area contributed by atoms with Gasteiger partial charge < -0.3 is 15.4 Å². The number of hydrogen-bond donors (Lipinski definition) is 2. The summed E-state index contributed by atoms with van der Waals surface area (Å²) in [7, 11) is 1.34. The number of rotatable bonds is 4. The van der Waals surface area contributed by atoms with Crippen LogP contribution in [0, 0.1) is 12.7 Å². The van der Waals surface area contributed by atoms with Crippen molar-refractivity contribution >= 4 is 29.0 Å². The Morgan fingerprint density at radius 2 is 1.91 bits per heavy atom. The van der Waals surface area contributed by atoms with E-state index >= 15 is 0 Å². The summed E-state index contributed by atoms with van der Waals surface area (Å²) < 4.78 is 17.6. The molecule has 0 aliphatic carbocycles. The van der Waals surface area contributed by atoms with Crippen LogP contribution in [0.1, 0.15) is 21.5 Å². The summed E-state index contributed by atoms with van der Waals surface area (Å²) in [6.45, 7) is 2.29. The molecule has 0 aliphatic rings. The summed E-state index contributed by atoms with van der Waals surface area (Å²) in [6, 6.07) is 11.5. The molecule has 120 valence electrons. The Bertz CT molecular complexity index is 717. The molecule has 23 heavy (non-hydrogen) atoms. The van der Waals surface area contributed by atoms with E-state index in [1.807, 2.05) is 13.0 Å². The van der Waals surface area contributed by atoms with Gasteiger partial charge >= 0.3 is 5.97 Å². The van der Waals surface area contributed by atoms with Gasteiger partial charge in [0.1, 0.15) is 5.82 Å². The van der Waals surface area contributed by atoms with Gasteiger partial charge in [0, 0.05) is 12.2 Å². The van der Waals surface area contributed by atoms with E-state index < -0.39 is 5.97 Å². The van der Waals surface area contributed by atoms with E-state index in [0.29, 0.717) is 17.2 Å². The first kappa shape index (κ1) is 16.9. The molecule has 0 aliphatic heterocycles. The normalized spacial score (nSPS) is 10.0. The summed E-state index contributed by atoms with van der Waals surface area (Å²) in [4.78, 5) is 11.7. The minimum Gasteiger partial charge on any atom is -0.465 e. The standard InChI is InChI=1S/C17H17FN2O2S/c1-11-14(16(21)22-2)4-3-5-15(11)20-17(23)19-10-12-6-8-13(18)9-7-12/h3-9H,10H2,1-2H3,(H2,19,20,23). The van der Waals surface area contributed by atoms with Crippen molar-refractivity contribution in [2.24, 2.45) is 0 Å². The van der Waals surface area contributed by atoms with E-state index in [0.717, 1.165) is 16.8 Å². The molecule has 6 heteroatoms. The number of ether oxygens (including phenoxy) is 1. The Balaban J connectivity index is 2.00. The lowest BCUT2D eigenvalue weighted by Crippen LogP contribution is -2.28. The first-order valence-corrected chi connectivity index (χ1v) is 7.39. The number of carbonyl (C=O) groups is 1. The van der Waals surface area contributed by atoms with Crippen LogP contribution in [-0.2, 0) is 11.3 Å². The summed E-state index contributed by atoms with van der Waals surface area (Å²) in [5.41, 5.74) is 2.88. The number of halogens is 1. The number of esters is 1. The molecule has 0 heterocycles. The fraction of sp³-hybridized carbons (Fsp3) is 0.176. The average molecular weight is 332 g/mol. The fourth-order valence-corrected chi connectivity index (χ4v) is 2.24. The highest BCUT2D eigenvalue weighted by Crippen LogP contribution is 2.19. The fourth-order valence-electron chi connectivity index (χ4n) is 2.05. The van der Waals surface area contributed by atoms with Gasteiger partial charge in [0.05, 0.1) is 12.7 Å². The predicted molar refractivity (Wildman–Crippen MR) is 92.0 cm³/mol. The molecule has 2 rings (SSSR count). The van der Waals surface area contributed by atoms with Crippen molar-refractivity contribution in [1.29, 1.82) is 0 Å². The van der Waals surface area contributed by atoms with E-state index in [9.17, 15) is 9.18 Å². The molecule has 0 atom stereocenters. The molecule has 0 saturated heterocycles. The molecule has 0 saturated carbocycles. The summed E-state index contributed by atoms with van der Waals surface area (Å²) in [5, 5.41) is 6.50. The molecule has 0 bridgehead atoms. The number of thiocarbonyl (C=S) groups is 1. The van der Waals surface area contributed by atoms with E-state index in [1.165, 1.54) is 19.2 Å². The van der Waals surface area contributed by atoms with E-state index in [-0.39, 0.29) is 5.82 Å². The molecule has 0 amide bonds. The van der Waals surface area contributed by atoms with Gasteiger partial charge in [-0.15, -0.1) is 0 Å². The first-order chi connectivity index (χ1) is 11.0. The van der Waals surface area contributed by atoms with Crippen LogP contribution in [0.4, 0.5) is 10.1 Å². The maximum absolute atomic E-state index is 12.9. The van der Waals surface area contributed by atoms with Crippen molar-refractivity contribution in [3.05, 3.63) is 65.0 Å². The molecule has 4 nitrogen and oxygen atoms in total. The zero-order valence-corrected chi connectivity index (χ0v) is 13.7. The maximum atomic E-state index is 12.9. The van der Waals surface area contributed by atoms with Gasteiger partial charge in [-0.3, -0.25) is 0 Å². The minimum absolute atomic E-state index is 0.273. The van der Waals surface area contributed by atoms with E-state index in [1.54, 1.807) is 24.3 Å². The quantitative estimate of drug-likeness (QED) is 0.664. The molecule has 0 radical (unpaired) electrons. The van der Waals surface area contributed by atoms with Crippen molar-refractivity contribution in [3.63, 3.8) is 0 Å². The number of anilines is 1. The third-order valence-corrected chi connectivity index (χ3v) is 3.60. The summed E-state index contributed by atoms with van der Waals surface area (Å²) >= 11 is 5.25. The molecule has 0 aromatic heterocycles. The van der Waals surface area contributed by atoms with Crippen LogP contribution >= 0.6 is 12.2 Å². The number of hydrogen-bond acceptors (Lipinski definition) is 3. The van der Waals surface area contributed by atoms with Crippen LogP contribution < -0.4 is 10.6 Å². The molecular formula is C17H17FN2O2S. The van der Waals surface area contributed by atoms with Crippen LogP contribution in [0.25, 0.3) is 0 Å². The van der Waals surface area contributed by atoms with Gasteiger partial charge in [0.15, 0.2) is 5.11 Å². The van der Waals surface area contributed by atoms with Crippen LogP contribution in [0.15, 0.2) is 42.5 Å². The Kier molecular flexibility index (Phi) is 5.65. The monoisotopic (exact) mass is 332 g/mol. The van der Waals surface area contributed by atoms with Gasteiger partial charge in [0.2, 0.25) is 0 Å². The summed E-state index contributed by atoms with van der Waals surface area (Å²) in [5.74, 6) is -0.666. The molecule has 2 N–H and O–H groups in total. The lowest BCUT2D eigenvalue weighted by molar-refractivity contribution is 0.0600. The highest BCUT2D eigenvalue weighted by atomic mass is 32.1. The Morgan fingerprint density at radius 3 is 2.57 bits per heavy atom. The molecule has 0 spiro atoms. The molecule has 0 fully saturated rings. The largest absolute Gasteiger partial charge is 0.465 e. The number of nitrogens with one attached hydrogen (secondary N) is 2. The van der Waals surface area contributed by atoms with Gasteiger partial charge in [-0.1, -0.05) is 18.2 Å². The van der Waals surface area contributed by atoms with Crippen molar-refractivity contribution in [2.75, 3.05) is 12.4 Å². The van der Waals surface area contributed by atoms with Gasteiger partial charge in [-0.2, -0.15) is 0 Å². The second-order valence-corrected chi connectivity index (χ2v) is 5.31. The van der Waals surface area contributed by atoms with Crippen LogP contribution in [0.2, 0.25) is 0 Å². The first-order valence-electron chi connectivity index (χ1n) is 6.98. The van der Waals surface area contributed by atoms with Gasteiger partial charge in [-0.25, -0.2) is 9.18 Å². The number of carbonyl (C=O) groups excluding carboxylic acids is 1. The molecule has 2 aromatic carbocycles. The van der Waals surface area contributed by atoms with E-state index in [2.05, 4.69) is 10.6 Å². The zero-order chi connectivity index (χ0) is 16.8. The molecule has 2 aromatic rings. The highest BCUT2D eigenvalue weighted by Gasteiger charge is 2.12. The molecule has 0 unspecified atom stereocenters. The van der Waals surface area contributed by atoms with Crippen molar-refractivity contribution in [2.45, 2.75) is 13.5 Å². The van der Waals surface area contributed by atoms with Crippen LogP contribution in [0.3, 0.4) is 0 Å². The minimum atomic E-state index is -0.392. The Labute approximate surface area is 139 Å². The Hall–Kier alpha value is -2.47. The van der Waals surface area contributed by atoms with Gasteiger partial charge in [-0.05, 0) is 54.5 Å². The molecular weight excluding hydrogens is 315 g/mol. The van der Waals surface area contributed by atoms with Crippen LogP contribution in [0.5, 0.6) is 0 Å². The van der Waals surface area contributed by atoms with Crippen molar-refractivity contribution in [3.8, 4) is 0 Å². The Morgan fingerprint density at radius 1 is 1.22 bits per heavy atom. The topological polar surface area (TPSA) is 50.4 Å². The van der Waals surface area contributed by atoms with E-state index in [4.69, 9.17) is 17.0 Å². The van der Waals surface area contributed by atoms with Gasteiger partial charge in [0.25, 0.3) is 0 Å². The SMILES string of the molecule is COC(=O)c1cccc(NC(=S)NCc2ccc(F)cc2)c1C. The third kappa shape index (κ3) is 4.50. The lowest BCUT2D eigenvalue weighted by Gasteiger charge is -2.14. The van der Waals surface area contributed by atoms with Crippen molar-refractivity contribution < 1.29 is 13.9 Å². The zero-order valence-electron chi connectivity index (χ0n) is 12.9. The number of benzene rings is 2. The predicted octanol–water partition coefficient (Wildman–Crippen LogP) is 3.41.